The van der Waals surface area contributed by atoms with Crippen molar-refractivity contribution in [1.82, 2.24) is 10.6 Å². The van der Waals surface area contributed by atoms with Crippen molar-refractivity contribution in [3.8, 4) is 0 Å². The summed E-state index contributed by atoms with van der Waals surface area (Å²) in [4.78, 5) is 11.2. The first kappa shape index (κ1) is 14.4. The molecule has 0 aromatic rings. The average molecular weight is 214 g/mol. The van der Waals surface area contributed by atoms with Crippen LogP contribution in [0.15, 0.2) is 0 Å². The summed E-state index contributed by atoms with van der Waals surface area (Å²) >= 11 is 0. The molecule has 0 rings (SSSR count). The minimum Gasteiger partial charge on any atom is -0.355 e. The van der Waals surface area contributed by atoms with Gasteiger partial charge in [0.2, 0.25) is 5.91 Å². The summed E-state index contributed by atoms with van der Waals surface area (Å²) in [5.74, 6) is 0.116. The van der Waals surface area contributed by atoms with Gasteiger partial charge in [0, 0.05) is 6.54 Å². The van der Waals surface area contributed by atoms with Crippen LogP contribution < -0.4 is 10.6 Å². The minimum atomic E-state index is 0.116. The van der Waals surface area contributed by atoms with Crippen molar-refractivity contribution < 1.29 is 4.79 Å². The first-order chi connectivity index (χ1) is 7.31. The second-order valence-corrected chi connectivity index (χ2v) is 3.90. The molecule has 15 heavy (non-hydrogen) atoms. The number of hydrogen-bond donors (Lipinski definition) is 2. The van der Waals surface area contributed by atoms with Crippen molar-refractivity contribution in [3.05, 3.63) is 0 Å². The van der Waals surface area contributed by atoms with Crippen molar-refractivity contribution in [2.75, 3.05) is 19.6 Å². The van der Waals surface area contributed by atoms with Gasteiger partial charge in [-0.3, -0.25) is 4.79 Å². The van der Waals surface area contributed by atoms with Gasteiger partial charge in [0.15, 0.2) is 0 Å². The van der Waals surface area contributed by atoms with Gasteiger partial charge < -0.3 is 10.6 Å². The van der Waals surface area contributed by atoms with Crippen molar-refractivity contribution in [3.63, 3.8) is 0 Å². The highest BCUT2D eigenvalue weighted by Gasteiger charge is 1.97. The number of nitrogens with one attached hydrogen (secondary N) is 2. The Balaban J connectivity index is 3.06. The van der Waals surface area contributed by atoms with Crippen LogP contribution in [0.1, 0.15) is 52.4 Å². The molecule has 0 spiro atoms. The van der Waals surface area contributed by atoms with E-state index in [1.165, 1.54) is 32.1 Å². The van der Waals surface area contributed by atoms with E-state index in [1.54, 1.807) is 0 Å². The Labute approximate surface area is 94.0 Å². The van der Waals surface area contributed by atoms with E-state index >= 15 is 0 Å². The molecule has 0 aromatic heterocycles. The van der Waals surface area contributed by atoms with Crippen LogP contribution in [0.3, 0.4) is 0 Å². The summed E-state index contributed by atoms with van der Waals surface area (Å²) in [6.07, 6.45) is 7.62. The molecule has 0 atom stereocenters. The molecule has 0 radical (unpaired) electrons. The molecule has 2 N–H and O–H groups in total. The molecule has 0 bridgehead atoms. The maximum absolute atomic E-state index is 11.2. The number of unbranched alkanes of at least 4 members (excludes halogenated alkanes) is 5. The smallest absolute Gasteiger partial charge is 0.233 e. The van der Waals surface area contributed by atoms with Crippen LogP contribution in [0.2, 0.25) is 0 Å². The molecule has 0 saturated carbocycles. The van der Waals surface area contributed by atoms with E-state index in [1.807, 2.05) is 6.92 Å². The molecule has 0 aromatic carbocycles. The number of carbonyl (C=O) groups excluding carboxylic acids is 1. The zero-order valence-electron chi connectivity index (χ0n) is 10.3. The van der Waals surface area contributed by atoms with E-state index in [2.05, 4.69) is 17.6 Å². The number of likely N-dealkylation sites (N-methyl/N-ethyl adjacent to an activating group) is 1. The van der Waals surface area contributed by atoms with Gasteiger partial charge in [-0.25, -0.2) is 0 Å². The van der Waals surface area contributed by atoms with Crippen LogP contribution in [0.25, 0.3) is 0 Å². The van der Waals surface area contributed by atoms with Crippen LogP contribution in [-0.2, 0) is 4.79 Å². The maximum Gasteiger partial charge on any atom is 0.233 e. The van der Waals surface area contributed by atoms with Gasteiger partial charge in [-0.1, -0.05) is 46.0 Å². The van der Waals surface area contributed by atoms with Crippen molar-refractivity contribution in [2.45, 2.75) is 52.4 Å². The van der Waals surface area contributed by atoms with Crippen molar-refractivity contribution >= 4 is 5.91 Å². The second-order valence-electron chi connectivity index (χ2n) is 3.90. The summed E-state index contributed by atoms with van der Waals surface area (Å²) in [5, 5.41) is 5.91. The Morgan fingerprint density at radius 1 is 1.00 bits per heavy atom. The van der Waals surface area contributed by atoms with Crippen LogP contribution in [0.4, 0.5) is 0 Å². The third kappa shape index (κ3) is 11.4. The monoisotopic (exact) mass is 214 g/mol. The highest BCUT2D eigenvalue weighted by molar-refractivity contribution is 5.77. The van der Waals surface area contributed by atoms with E-state index in [4.69, 9.17) is 0 Å². The molecule has 0 saturated heterocycles. The fraction of sp³-hybridized carbons (Fsp3) is 0.917. The van der Waals surface area contributed by atoms with E-state index in [0.717, 1.165) is 19.5 Å². The molecule has 90 valence electrons. The van der Waals surface area contributed by atoms with Crippen molar-refractivity contribution in [1.29, 1.82) is 0 Å². The number of hydrogen-bond acceptors (Lipinski definition) is 2. The van der Waals surface area contributed by atoms with Crippen LogP contribution in [-0.4, -0.2) is 25.5 Å². The van der Waals surface area contributed by atoms with E-state index in [9.17, 15) is 4.79 Å². The summed E-state index contributed by atoms with van der Waals surface area (Å²) in [6.45, 7) is 6.36. The summed E-state index contributed by atoms with van der Waals surface area (Å²) in [6, 6.07) is 0. The van der Waals surface area contributed by atoms with E-state index in [-0.39, 0.29) is 5.91 Å². The van der Waals surface area contributed by atoms with Gasteiger partial charge in [-0.15, -0.1) is 0 Å². The lowest BCUT2D eigenvalue weighted by Crippen LogP contribution is -2.34. The fourth-order valence-electron chi connectivity index (χ4n) is 1.43. The normalized spacial score (nSPS) is 10.3. The Morgan fingerprint density at radius 2 is 1.67 bits per heavy atom. The summed E-state index contributed by atoms with van der Waals surface area (Å²) in [5.41, 5.74) is 0. The first-order valence-electron chi connectivity index (χ1n) is 6.28. The van der Waals surface area contributed by atoms with Gasteiger partial charge >= 0.3 is 0 Å². The fourth-order valence-corrected chi connectivity index (χ4v) is 1.43. The lowest BCUT2D eigenvalue weighted by atomic mass is 10.1. The molecule has 3 nitrogen and oxygen atoms in total. The molecule has 0 fully saturated rings. The molecule has 3 heteroatoms. The first-order valence-corrected chi connectivity index (χ1v) is 6.28. The van der Waals surface area contributed by atoms with Crippen molar-refractivity contribution in [2.24, 2.45) is 0 Å². The Hall–Kier alpha value is -0.570. The quantitative estimate of drug-likeness (QED) is 0.547. The molecule has 1 amide bonds. The molecule has 0 aliphatic heterocycles. The van der Waals surface area contributed by atoms with Gasteiger partial charge in [-0.05, 0) is 13.0 Å². The predicted octanol–water partition coefficient (Wildman–Crippen LogP) is 2.07. The van der Waals surface area contributed by atoms with Crippen LogP contribution in [0.5, 0.6) is 0 Å². The molecular formula is C12H26N2O. The second kappa shape index (κ2) is 11.5. The topological polar surface area (TPSA) is 41.1 Å². The van der Waals surface area contributed by atoms with E-state index < -0.39 is 0 Å². The van der Waals surface area contributed by atoms with Gasteiger partial charge in [-0.2, -0.15) is 0 Å². The molecule has 0 heterocycles. The molecule has 0 unspecified atom stereocenters. The third-order valence-corrected chi connectivity index (χ3v) is 2.39. The zero-order valence-corrected chi connectivity index (χ0v) is 10.3. The SMILES string of the molecule is CCCCCCCCNC(=O)CNCC. The summed E-state index contributed by atoms with van der Waals surface area (Å²) < 4.78 is 0. The highest BCUT2D eigenvalue weighted by atomic mass is 16.1. The molecule has 0 aliphatic rings. The molecule has 0 aliphatic carbocycles. The highest BCUT2D eigenvalue weighted by Crippen LogP contribution is 2.03. The molecular weight excluding hydrogens is 188 g/mol. The largest absolute Gasteiger partial charge is 0.355 e. The van der Waals surface area contributed by atoms with E-state index in [0.29, 0.717) is 6.54 Å². The van der Waals surface area contributed by atoms with Crippen LogP contribution in [0, 0.1) is 0 Å². The Bertz CT molecular complexity index is 149. The predicted molar refractivity (Wildman–Crippen MR) is 64.9 cm³/mol. The summed E-state index contributed by atoms with van der Waals surface area (Å²) in [7, 11) is 0. The number of rotatable bonds is 10. The third-order valence-electron chi connectivity index (χ3n) is 2.39. The Kier molecular flexibility index (Phi) is 11.1. The lowest BCUT2D eigenvalue weighted by molar-refractivity contribution is -0.120. The van der Waals surface area contributed by atoms with Gasteiger partial charge in [0.25, 0.3) is 0 Å². The average Bonchev–Trinajstić information content (AvgIpc) is 2.25. The number of amides is 1. The van der Waals surface area contributed by atoms with Gasteiger partial charge in [0.1, 0.15) is 0 Å². The minimum absolute atomic E-state index is 0.116. The van der Waals surface area contributed by atoms with Gasteiger partial charge in [0.05, 0.1) is 6.54 Å². The number of carbonyl (C=O) groups is 1. The maximum atomic E-state index is 11.2. The zero-order chi connectivity index (χ0) is 11.4. The van der Waals surface area contributed by atoms with Crippen LogP contribution >= 0.6 is 0 Å². The Morgan fingerprint density at radius 3 is 2.33 bits per heavy atom. The lowest BCUT2D eigenvalue weighted by Gasteiger charge is -2.05. The standard InChI is InChI=1S/C12H26N2O/c1-3-5-6-7-8-9-10-14-12(15)11-13-4-2/h13H,3-11H2,1-2H3,(H,14,15).